The first kappa shape index (κ1) is 31.0. The summed E-state index contributed by atoms with van der Waals surface area (Å²) >= 11 is 0. The third-order valence-corrected chi connectivity index (χ3v) is 8.63. The number of aromatic nitrogens is 2. The van der Waals surface area contributed by atoms with Crippen molar-refractivity contribution in [3.63, 3.8) is 0 Å². The fourth-order valence-electron chi connectivity index (χ4n) is 6.16. The smallest absolute Gasteiger partial charge is 0.326 e. The SMILES string of the molecule is COc1ccc2c(OC3CC4C(=O)NC(C(=O)O)CCC=CCCCCN(C)C(=O)C4C3)nc(-c3ccccc3)nc2c1C. The van der Waals surface area contributed by atoms with Gasteiger partial charge < -0.3 is 24.8 Å². The normalized spacial score (nSPS) is 23.4. The van der Waals surface area contributed by atoms with Crippen LogP contribution in [0.25, 0.3) is 22.3 Å². The molecule has 1 aliphatic carbocycles. The molecular weight excluding hydrogens is 560 g/mol. The average molecular weight is 601 g/mol. The number of carboxylic acid groups (broad SMARTS) is 1. The molecule has 2 aliphatic rings. The van der Waals surface area contributed by atoms with Gasteiger partial charge in [0.1, 0.15) is 17.9 Å². The van der Waals surface area contributed by atoms with Crippen molar-refractivity contribution >= 4 is 28.7 Å². The number of nitrogens with zero attached hydrogens (tertiary/aromatic N) is 3. The number of rotatable bonds is 5. The molecule has 0 radical (unpaired) electrons. The van der Waals surface area contributed by atoms with Crippen LogP contribution >= 0.6 is 0 Å². The van der Waals surface area contributed by atoms with E-state index in [1.165, 1.54) is 0 Å². The van der Waals surface area contributed by atoms with Crippen molar-refractivity contribution in [1.82, 2.24) is 20.2 Å². The molecule has 0 bridgehead atoms. The van der Waals surface area contributed by atoms with E-state index in [0.29, 0.717) is 47.7 Å². The lowest BCUT2D eigenvalue weighted by atomic mass is 9.93. The summed E-state index contributed by atoms with van der Waals surface area (Å²) in [5, 5.41) is 13.2. The molecule has 10 nitrogen and oxygen atoms in total. The molecule has 0 saturated heterocycles. The van der Waals surface area contributed by atoms with Gasteiger partial charge in [-0.25, -0.2) is 9.78 Å². The van der Waals surface area contributed by atoms with Gasteiger partial charge in [0.15, 0.2) is 5.82 Å². The first-order valence-electron chi connectivity index (χ1n) is 15.3. The second-order valence-electron chi connectivity index (χ2n) is 11.6. The second-order valence-corrected chi connectivity index (χ2v) is 11.6. The number of aliphatic carboxylic acids is 1. The lowest BCUT2D eigenvalue weighted by molar-refractivity contribution is -0.144. The zero-order valence-corrected chi connectivity index (χ0v) is 25.5. The number of benzene rings is 2. The molecule has 232 valence electrons. The maximum Gasteiger partial charge on any atom is 0.326 e. The fraction of sp³-hybridized carbons (Fsp3) is 0.441. The molecule has 2 aromatic carbocycles. The number of fused-ring (bicyclic) bond motifs is 2. The van der Waals surface area contributed by atoms with Crippen LogP contribution in [0.1, 0.15) is 50.5 Å². The molecule has 0 spiro atoms. The number of nitrogens with one attached hydrogen (secondary N) is 1. The zero-order chi connectivity index (χ0) is 31.2. The van der Waals surface area contributed by atoms with E-state index < -0.39 is 35.9 Å². The van der Waals surface area contributed by atoms with E-state index in [1.54, 1.807) is 19.1 Å². The number of amides is 2. The van der Waals surface area contributed by atoms with Crippen LogP contribution in [0.2, 0.25) is 0 Å². The molecule has 44 heavy (non-hydrogen) atoms. The molecule has 3 aromatic rings. The predicted molar refractivity (Wildman–Crippen MR) is 166 cm³/mol. The Morgan fingerprint density at radius 2 is 1.75 bits per heavy atom. The van der Waals surface area contributed by atoms with Crippen molar-refractivity contribution in [1.29, 1.82) is 0 Å². The third kappa shape index (κ3) is 6.85. The van der Waals surface area contributed by atoms with Gasteiger partial charge in [0, 0.05) is 24.7 Å². The van der Waals surface area contributed by atoms with E-state index in [1.807, 2.05) is 61.5 Å². The van der Waals surface area contributed by atoms with Crippen molar-refractivity contribution in [2.75, 3.05) is 20.7 Å². The average Bonchev–Trinajstić information content (AvgIpc) is 3.45. The molecule has 4 atom stereocenters. The molecule has 4 unspecified atom stereocenters. The highest BCUT2D eigenvalue weighted by molar-refractivity contribution is 5.91. The molecule has 10 heteroatoms. The standard InChI is InChI=1S/C34H40N4O6/c1-21-28(43-3)17-16-24-29(21)36-30(22-13-9-8-10-14-22)37-32(24)44-23-19-25-26(20-23)33(40)38(2)18-12-7-5-4-6-11-15-27(34(41)42)35-31(25)39/h4,6,8-10,13-14,16-17,23,25-27H,5,7,11-12,15,18-20H2,1-3H3,(H,35,39)(H,41,42). The van der Waals surface area contributed by atoms with Gasteiger partial charge in [0.2, 0.25) is 17.7 Å². The van der Waals surface area contributed by atoms with Crippen LogP contribution < -0.4 is 14.8 Å². The lowest BCUT2D eigenvalue weighted by Crippen LogP contribution is -2.46. The van der Waals surface area contributed by atoms with Crippen molar-refractivity contribution < 1.29 is 29.0 Å². The van der Waals surface area contributed by atoms with E-state index >= 15 is 0 Å². The first-order chi connectivity index (χ1) is 21.3. The van der Waals surface area contributed by atoms with Crippen molar-refractivity contribution in [2.45, 2.75) is 64.0 Å². The topological polar surface area (TPSA) is 131 Å². The molecular formula is C34H40N4O6. The number of aryl methyl sites for hydroxylation is 1. The van der Waals surface area contributed by atoms with Gasteiger partial charge in [-0.3, -0.25) is 9.59 Å². The number of ether oxygens (including phenoxy) is 2. The zero-order valence-electron chi connectivity index (χ0n) is 25.5. The summed E-state index contributed by atoms with van der Waals surface area (Å²) in [6.07, 6.45) is 7.51. The summed E-state index contributed by atoms with van der Waals surface area (Å²) in [6.45, 7) is 2.51. The van der Waals surface area contributed by atoms with Gasteiger partial charge in [0.05, 0.1) is 29.8 Å². The van der Waals surface area contributed by atoms with E-state index in [4.69, 9.17) is 19.4 Å². The van der Waals surface area contributed by atoms with E-state index in [2.05, 4.69) is 5.32 Å². The minimum Gasteiger partial charge on any atom is -0.496 e. The number of hydrogen-bond donors (Lipinski definition) is 2. The summed E-state index contributed by atoms with van der Waals surface area (Å²) in [5.74, 6) is -1.50. The molecule has 1 aliphatic heterocycles. The Morgan fingerprint density at radius 1 is 1.00 bits per heavy atom. The summed E-state index contributed by atoms with van der Waals surface area (Å²) in [5.41, 5.74) is 2.35. The highest BCUT2D eigenvalue weighted by Crippen LogP contribution is 2.39. The lowest BCUT2D eigenvalue weighted by Gasteiger charge is -2.25. The Bertz CT molecular complexity index is 1540. The number of allylic oxidation sites excluding steroid dienone is 2. The van der Waals surface area contributed by atoms with Crippen LogP contribution in [-0.2, 0) is 14.4 Å². The van der Waals surface area contributed by atoms with Crippen LogP contribution in [0.4, 0.5) is 0 Å². The Labute approximate surface area is 257 Å². The van der Waals surface area contributed by atoms with Crippen LogP contribution in [0.3, 0.4) is 0 Å². The van der Waals surface area contributed by atoms with Gasteiger partial charge in [0.25, 0.3) is 0 Å². The maximum atomic E-state index is 13.7. The van der Waals surface area contributed by atoms with Crippen LogP contribution in [0, 0.1) is 18.8 Å². The minimum absolute atomic E-state index is 0.133. The van der Waals surface area contributed by atoms with E-state index in [-0.39, 0.29) is 18.7 Å². The fourth-order valence-corrected chi connectivity index (χ4v) is 6.16. The number of carbonyl (C=O) groups is 3. The highest BCUT2D eigenvalue weighted by Gasteiger charge is 2.45. The van der Waals surface area contributed by atoms with Crippen molar-refractivity contribution in [3.8, 4) is 23.0 Å². The summed E-state index contributed by atoms with van der Waals surface area (Å²) in [7, 11) is 3.38. The van der Waals surface area contributed by atoms with Gasteiger partial charge in [-0.1, -0.05) is 42.5 Å². The first-order valence-corrected chi connectivity index (χ1v) is 15.3. The summed E-state index contributed by atoms with van der Waals surface area (Å²) in [4.78, 5) is 50.7. The van der Waals surface area contributed by atoms with Crippen LogP contribution in [-0.4, -0.2) is 70.6 Å². The van der Waals surface area contributed by atoms with Gasteiger partial charge in [-0.05, 0) is 64.0 Å². The molecule has 1 saturated carbocycles. The van der Waals surface area contributed by atoms with Crippen molar-refractivity contribution in [3.05, 3.63) is 60.2 Å². The number of methoxy groups -OCH3 is 1. The largest absolute Gasteiger partial charge is 0.496 e. The Kier molecular flexibility index (Phi) is 9.77. The van der Waals surface area contributed by atoms with Crippen LogP contribution in [0.5, 0.6) is 11.6 Å². The predicted octanol–water partition coefficient (Wildman–Crippen LogP) is 4.94. The van der Waals surface area contributed by atoms with E-state index in [0.717, 1.165) is 30.4 Å². The van der Waals surface area contributed by atoms with Gasteiger partial charge >= 0.3 is 5.97 Å². The molecule has 5 rings (SSSR count). The highest BCUT2D eigenvalue weighted by atomic mass is 16.5. The maximum absolute atomic E-state index is 13.7. The Hall–Kier alpha value is -4.47. The van der Waals surface area contributed by atoms with Gasteiger partial charge in [-0.15, -0.1) is 0 Å². The number of hydrogen-bond acceptors (Lipinski definition) is 7. The summed E-state index contributed by atoms with van der Waals surface area (Å²) < 4.78 is 12.1. The molecule has 2 heterocycles. The summed E-state index contributed by atoms with van der Waals surface area (Å²) in [6, 6.07) is 12.3. The van der Waals surface area contributed by atoms with Crippen molar-refractivity contribution in [2.24, 2.45) is 11.8 Å². The Morgan fingerprint density at radius 3 is 2.50 bits per heavy atom. The van der Waals surface area contributed by atoms with Crippen LogP contribution in [0.15, 0.2) is 54.6 Å². The third-order valence-electron chi connectivity index (χ3n) is 8.63. The number of carboxylic acids is 1. The second kappa shape index (κ2) is 13.9. The minimum atomic E-state index is -1.09. The van der Waals surface area contributed by atoms with Gasteiger partial charge in [-0.2, -0.15) is 4.98 Å². The quantitative estimate of drug-likeness (QED) is 0.394. The molecule has 1 fully saturated rings. The Balaban J connectivity index is 1.48. The van der Waals surface area contributed by atoms with E-state index in [9.17, 15) is 19.5 Å². The molecule has 2 N–H and O–H groups in total. The number of carbonyl (C=O) groups excluding carboxylic acids is 2. The monoisotopic (exact) mass is 600 g/mol. The molecule has 2 amide bonds. The molecule has 1 aromatic heterocycles.